The summed E-state index contributed by atoms with van der Waals surface area (Å²) in [6.07, 6.45) is 0.620. The SMILES string of the molecule is CCc1noc(CN(CC)C(=O)C2CC(=O)Nc3ccc(F)cc32)n1. The highest BCUT2D eigenvalue weighted by molar-refractivity contribution is 6.01. The highest BCUT2D eigenvalue weighted by Gasteiger charge is 2.34. The lowest BCUT2D eigenvalue weighted by Gasteiger charge is -2.29. The van der Waals surface area contributed by atoms with Crippen molar-refractivity contribution in [3.63, 3.8) is 0 Å². The van der Waals surface area contributed by atoms with Gasteiger partial charge in [-0.25, -0.2) is 4.39 Å². The molecule has 1 unspecified atom stereocenters. The van der Waals surface area contributed by atoms with Crippen molar-refractivity contribution in [1.82, 2.24) is 15.0 Å². The van der Waals surface area contributed by atoms with E-state index in [-0.39, 0.29) is 24.8 Å². The lowest BCUT2D eigenvalue weighted by atomic mass is 9.89. The molecule has 1 N–H and O–H groups in total. The first kappa shape index (κ1) is 17.1. The number of carbonyl (C=O) groups is 2. The molecule has 25 heavy (non-hydrogen) atoms. The minimum atomic E-state index is -0.729. The van der Waals surface area contributed by atoms with E-state index in [0.717, 1.165) is 0 Å². The fourth-order valence-electron chi connectivity index (χ4n) is 2.88. The number of halogens is 1. The highest BCUT2D eigenvalue weighted by Crippen LogP contribution is 2.34. The smallest absolute Gasteiger partial charge is 0.246 e. The molecule has 0 bridgehead atoms. The van der Waals surface area contributed by atoms with Crippen LogP contribution in [0.25, 0.3) is 0 Å². The molecule has 2 aromatic rings. The van der Waals surface area contributed by atoms with Crippen molar-refractivity contribution in [1.29, 1.82) is 0 Å². The molecule has 1 atom stereocenters. The first-order valence-corrected chi connectivity index (χ1v) is 8.21. The van der Waals surface area contributed by atoms with Gasteiger partial charge in [0, 0.05) is 25.1 Å². The Kier molecular flexibility index (Phi) is 4.78. The normalized spacial score (nSPS) is 16.3. The number of hydrogen-bond donors (Lipinski definition) is 1. The predicted octanol–water partition coefficient (Wildman–Crippen LogP) is 2.25. The van der Waals surface area contributed by atoms with Gasteiger partial charge in [0.2, 0.25) is 17.7 Å². The summed E-state index contributed by atoms with van der Waals surface area (Å²) in [6.45, 7) is 4.30. The molecule has 132 valence electrons. The summed E-state index contributed by atoms with van der Waals surface area (Å²) >= 11 is 0. The Morgan fingerprint density at radius 3 is 2.92 bits per heavy atom. The van der Waals surface area contributed by atoms with Crippen LogP contribution in [0.15, 0.2) is 22.7 Å². The largest absolute Gasteiger partial charge is 0.337 e. The van der Waals surface area contributed by atoms with Crippen LogP contribution in [0.5, 0.6) is 0 Å². The van der Waals surface area contributed by atoms with Gasteiger partial charge in [-0.05, 0) is 30.7 Å². The van der Waals surface area contributed by atoms with E-state index in [0.29, 0.717) is 35.9 Å². The average molecular weight is 346 g/mol. The minimum Gasteiger partial charge on any atom is -0.337 e. The zero-order valence-electron chi connectivity index (χ0n) is 14.1. The fourth-order valence-corrected chi connectivity index (χ4v) is 2.88. The Labute approximate surface area is 144 Å². The lowest BCUT2D eigenvalue weighted by Crippen LogP contribution is -2.38. The van der Waals surface area contributed by atoms with Crippen molar-refractivity contribution < 1.29 is 18.5 Å². The standard InChI is InChI=1S/C17H19FN4O3/c1-3-14-20-16(25-21-14)9-22(4-2)17(24)12-8-15(23)19-13-6-5-10(18)7-11(12)13/h5-7,12H,3-4,8-9H2,1-2H3,(H,19,23). The number of aryl methyl sites for hydroxylation is 1. The molecule has 1 aliphatic rings. The zero-order valence-corrected chi connectivity index (χ0v) is 14.1. The molecule has 0 radical (unpaired) electrons. The zero-order chi connectivity index (χ0) is 18.0. The van der Waals surface area contributed by atoms with Crippen molar-refractivity contribution in [3.05, 3.63) is 41.3 Å². The molecule has 2 heterocycles. The molecule has 1 aliphatic heterocycles. The van der Waals surface area contributed by atoms with Gasteiger partial charge < -0.3 is 14.7 Å². The second-order valence-electron chi connectivity index (χ2n) is 5.85. The van der Waals surface area contributed by atoms with E-state index in [1.54, 1.807) is 0 Å². The maximum atomic E-state index is 13.6. The topological polar surface area (TPSA) is 88.3 Å². The van der Waals surface area contributed by atoms with E-state index < -0.39 is 11.7 Å². The van der Waals surface area contributed by atoms with E-state index in [1.165, 1.54) is 23.1 Å². The number of fused-ring (bicyclic) bond motifs is 1. The molecule has 7 nitrogen and oxygen atoms in total. The Hall–Kier alpha value is -2.77. The number of carbonyl (C=O) groups excluding carboxylic acids is 2. The van der Waals surface area contributed by atoms with Crippen molar-refractivity contribution >= 4 is 17.5 Å². The van der Waals surface area contributed by atoms with Crippen LogP contribution in [0.4, 0.5) is 10.1 Å². The second kappa shape index (κ2) is 7.00. The van der Waals surface area contributed by atoms with Crippen LogP contribution in [0.1, 0.15) is 43.5 Å². The molecule has 0 saturated carbocycles. The number of anilines is 1. The summed E-state index contributed by atoms with van der Waals surface area (Å²) < 4.78 is 18.8. The number of hydrogen-bond acceptors (Lipinski definition) is 5. The molecule has 0 spiro atoms. The average Bonchev–Trinajstić information content (AvgIpc) is 3.06. The van der Waals surface area contributed by atoms with Gasteiger partial charge in [-0.2, -0.15) is 4.98 Å². The molecular weight excluding hydrogens is 327 g/mol. The Morgan fingerprint density at radius 2 is 2.24 bits per heavy atom. The Balaban J connectivity index is 1.85. The third kappa shape index (κ3) is 3.52. The van der Waals surface area contributed by atoms with Crippen LogP contribution in [-0.4, -0.2) is 33.4 Å². The van der Waals surface area contributed by atoms with Crippen LogP contribution >= 0.6 is 0 Å². The van der Waals surface area contributed by atoms with E-state index in [4.69, 9.17) is 4.52 Å². The van der Waals surface area contributed by atoms with Crippen molar-refractivity contribution in [3.8, 4) is 0 Å². The molecule has 0 saturated heterocycles. The second-order valence-corrected chi connectivity index (χ2v) is 5.85. The van der Waals surface area contributed by atoms with Crippen molar-refractivity contribution in [2.45, 2.75) is 39.2 Å². The van der Waals surface area contributed by atoms with Crippen LogP contribution < -0.4 is 5.32 Å². The highest BCUT2D eigenvalue weighted by atomic mass is 19.1. The van der Waals surface area contributed by atoms with Gasteiger partial charge in [0.25, 0.3) is 0 Å². The summed E-state index contributed by atoms with van der Waals surface area (Å²) in [5.41, 5.74) is 0.959. The molecule has 1 aromatic heterocycles. The van der Waals surface area contributed by atoms with E-state index in [1.807, 2.05) is 13.8 Å². The first-order chi connectivity index (χ1) is 12.0. The van der Waals surface area contributed by atoms with Gasteiger partial charge in [-0.3, -0.25) is 9.59 Å². The number of benzene rings is 1. The quantitative estimate of drug-likeness (QED) is 0.897. The van der Waals surface area contributed by atoms with Crippen LogP contribution in [0.2, 0.25) is 0 Å². The molecule has 1 aromatic carbocycles. The lowest BCUT2D eigenvalue weighted by molar-refractivity contribution is -0.135. The minimum absolute atomic E-state index is 0.0180. The maximum Gasteiger partial charge on any atom is 0.246 e. The van der Waals surface area contributed by atoms with Gasteiger partial charge in [0.05, 0.1) is 12.5 Å². The molecule has 8 heteroatoms. The van der Waals surface area contributed by atoms with E-state index in [2.05, 4.69) is 15.5 Å². The van der Waals surface area contributed by atoms with Gasteiger partial charge >= 0.3 is 0 Å². The number of aromatic nitrogens is 2. The van der Waals surface area contributed by atoms with Crippen LogP contribution in [0.3, 0.4) is 0 Å². The van der Waals surface area contributed by atoms with Gasteiger partial charge in [0.1, 0.15) is 5.82 Å². The van der Waals surface area contributed by atoms with E-state index in [9.17, 15) is 14.0 Å². The fraction of sp³-hybridized carbons (Fsp3) is 0.412. The van der Waals surface area contributed by atoms with Crippen molar-refractivity contribution in [2.75, 3.05) is 11.9 Å². The molecule has 0 fully saturated rings. The molecule has 2 amide bonds. The first-order valence-electron chi connectivity index (χ1n) is 8.21. The summed E-state index contributed by atoms with van der Waals surface area (Å²) in [5, 5.41) is 6.49. The third-order valence-electron chi connectivity index (χ3n) is 4.20. The summed E-state index contributed by atoms with van der Waals surface area (Å²) in [6, 6.07) is 4.03. The number of amides is 2. The van der Waals surface area contributed by atoms with Gasteiger partial charge in [0.15, 0.2) is 5.82 Å². The van der Waals surface area contributed by atoms with Crippen LogP contribution in [0, 0.1) is 5.82 Å². The number of likely N-dealkylation sites (N-methyl/N-ethyl adjacent to an activating group) is 1. The van der Waals surface area contributed by atoms with Crippen LogP contribution in [-0.2, 0) is 22.6 Å². The number of nitrogens with one attached hydrogen (secondary N) is 1. The monoisotopic (exact) mass is 346 g/mol. The maximum absolute atomic E-state index is 13.6. The van der Waals surface area contributed by atoms with Gasteiger partial charge in [-0.1, -0.05) is 12.1 Å². The van der Waals surface area contributed by atoms with E-state index >= 15 is 0 Å². The summed E-state index contributed by atoms with van der Waals surface area (Å²) in [4.78, 5) is 30.6. The molecule has 0 aliphatic carbocycles. The number of rotatable bonds is 5. The molecule has 3 rings (SSSR count). The summed E-state index contributed by atoms with van der Waals surface area (Å²) in [5.74, 6) is -0.789. The van der Waals surface area contributed by atoms with Gasteiger partial charge in [-0.15, -0.1) is 0 Å². The Bertz CT molecular complexity index is 805. The summed E-state index contributed by atoms with van der Waals surface area (Å²) in [7, 11) is 0. The predicted molar refractivity (Wildman–Crippen MR) is 87.2 cm³/mol. The van der Waals surface area contributed by atoms with Crippen molar-refractivity contribution in [2.24, 2.45) is 0 Å². The Morgan fingerprint density at radius 1 is 1.44 bits per heavy atom. The number of nitrogens with zero attached hydrogens (tertiary/aromatic N) is 3. The molecular formula is C17H19FN4O3. The third-order valence-corrected chi connectivity index (χ3v) is 4.20.